The number of rotatable bonds is 4. The second-order valence-electron chi connectivity index (χ2n) is 6.17. The van der Waals surface area contributed by atoms with E-state index < -0.39 is 0 Å². The Labute approximate surface area is 156 Å². The molecule has 5 heteroatoms. The van der Waals surface area contributed by atoms with Crippen molar-refractivity contribution in [2.24, 2.45) is 0 Å². The molecule has 0 radical (unpaired) electrons. The molecule has 4 aromatic rings. The van der Waals surface area contributed by atoms with E-state index in [1.807, 2.05) is 22.8 Å². The van der Waals surface area contributed by atoms with E-state index in [9.17, 15) is 4.79 Å². The molecule has 0 aliphatic heterocycles. The first-order valence-corrected chi connectivity index (χ1v) is 8.68. The summed E-state index contributed by atoms with van der Waals surface area (Å²) in [6, 6.07) is 18.9. The number of nitrogens with one attached hydrogen (secondary N) is 1. The fourth-order valence-electron chi connectivity index (χ4n) is 3.02. The fourth-order valence-corrected chi connectivity index (χ4v) is 3.15. The summed E-state index contributed by atoms with van der Waals surface area (Å²) in [5.74, 6) is -0.188. The van der Waals surface area contributed by atoms with E-state index in [1.54, 1.807) is 36.6 Å². The minimum absolute atomic E-state index is 0.188. The average molecular weight is 365 g/mol. The van der Waals surface area contributed by atoms with Crippen LogP contribution in [0.25, 0.3) is 11.1 Å². The van der Waals surface area contributed by atoms with Crippen LogP contribution in [0.2, 0.25) is 5.02 Å². The molecule has 2 aromatic carbocycles. The number of hydrogen-bond acceptors (Lipinski definition) is 2. The van der Waals surface area contributed by atoms with Crippen LogP contribution in [-0.4, -0.2) is 10.5 Å². The first-order valence-electron chi connectivity index (χ1n) is 8.30. The van der Waals surface area contributed by atoms with Gasteiger partial charge in [-0.1, -0.05) is 35.9 Å². The van der Waals surface area contributed by atoms with Crippen LogP contribution in [0.15, 0.2) is 71.3 Å². The summed E-state index contributed by atoms with van der Waals surface area (Å²) >= 11 is 5.91. The lowest BCUT2D eigenvalue weighted by Gasteiger charge is -2.12. The standard InChI is InChI=1S/C21H17ClN2O2/c1-14-4-2-3-5-15(14)13-24-18-10-11-26-20(18)12-19(24)21(25)23-17-8-6-16(22)7-9-17/h2-12H,13H2,1H3,(H,23,25). The molecule has 0 aliphatic rings. The van der Waals surface area contributed by atoms with Crippen molar-refractivity contribution in [3.8, 4) is 0 Å². The monoisotopic (exact) mass is 364 g/mol. The number of anilines is 1. The molecule has 0 saturated heterocycles. The molecule has 4 rings (SSSR count). The quantitative estimate of drug-likeness (QED) is 0.520. The molecular formula is C21H17ClN2O2. The zero-order chi connectivity index (χ0) is 18.1. The Morgan fingerprint density at radius 1 is 1.12 bits per heavy atom. The first kappa shape index (κ1) is 16.5. The van der Waals surface area contributed by atoms with E-state index in [1.165, 1.54) is 5.56 Å². The summed E-state index contributed by atoms with van der Waals surface area (Å²) in [4.78, 5) is 12.9. The molecule has 1 N–H and O–H groups in total. The molecule has 0 bridgehead atoms. The maximum atomic E-state index is 12.9. The SMILES string of the molecule is Cc1ccccc1Cn1c(C(=O)Nc2ccc(Cl)cc2)cc2occc21. The molecule has 0 unspecified atom stereocenters. The molecule has 0 fully saturated rings. The van der Waals surface area contributed by atoms with Gasteiger partial charge in [0, 0.05) is 29.4 Å². The van der Waals surface area contributed by atoms with Crippen molar-refractivity contribution in [2.45, 2.75) is 13.5 Å². The van der Waals surface area contributed by atoms with Gasteiger partial charge in [-0.25, -0.2) is 0 Å². The third kappa shape index (κ3) is 3.11. The summed E-state index contributed by atoms with van der Waals surface area (Å²) in [6.07, 6.45) is 1.64. The van der Waals surface area contributed by atoms with Gasteiger partial charge in [-0.15, -0.1) is 0 Å². The van der Waals surface area contributed by atoms with Crippen molar-refractivity contribution in [2.75, 3.05) is 5.32 Å². The molecular weight excluding hydrogens is 348 g/mol. The summed E-state index contributed by atoms with van der Waals surface area (Å²) < 4.78 is 7.48. The fraction of sp³-hybridized carbons (Fsp3) is 0.0952. The Hall–Kier alpha value is -2.98. The van der Waals surface area contributed by atoms with Gasteiger partial charge in [-0.3, -0.25) is 4.79 Å². The average Bonchev–Trinajstić information content (AvgIpc) is 3.21. The van der Waals surface area contributed by atoms with E-state index in [0.717, 1.165) is 11.1 Å². The van der Waals surface area contributed by atoms with Crippen molar-refractivity contribution in [1.29, 1.82) is 0 Å². The smallest absolute Gasteiger partial charge is 0.272 e. The highest BCUT2D eigenvalue weighted by Crippen LogP contribution is 2.24. The molecule has 130 valence electrons. The molecule has 1 amide bonds. The van der Waals surface area contributed by atoms with Crippen molar-refractivity contribution in [3.63, 3.8) is 0 Å². The largest absolute Gasteiger partial charge is 0.463 e. The van der Waals surface area contributed by atoms with Gasteiger partial charge in [0.05, 0.1) is 11.8 Å². The minimum atomic E-state index is -0.188. The predicted octanol–water partition coefficient (Wildman–Crippen LogP) is 5.50. The Bertz CT molecular complexity index is 1080. The van der Waals surface area contributed by atoms with Crippen molar-refractivity contribution in [1.82, 2.24) is 4.57 Å². The summed E-state index contributed by atoms with van der Waals surface area (Å²) in [7, 11) is 0. The number of hydrogen-bond donors (Lipinski definition) is 1. The number of nitrogens with zero attached hydrogens (tertiary/aromatic N) is 1. The van der Waals surface area contributed by atoms with Gasteiger partial charge in [0.1, 0.15) is 5.69 Å². The molecule has 2 heterocycles. The highest BCUT2D eigenvalue weighted by Gasteiger charge is 2.18. The molecule has 4 nitrogen and oxygen atoms in total. The number of carbonyl (C=O) groups excluding carboxylic acids is 1. The van der Waals surface area contributed by atoms with Crippen LogP contribution in [0.5, 0.6) is 0 Å². The van der Waals surface area contributed by atoms with Gasteiger partial charge in [-0.05, 0) is 42.3 Å². The number of benzene rings is 2. The molecule has 0 spiro atoms. The van der Waals surface area contributed by atoms with Crippen LogP contribution < -0.4 is 5.32 Å². The highest BCUT2D eigenvalue weighted by atomic mass is 35.5. The number of amides is 1. The van der Waals surface area contributed by atoms with Gasteiger partial charge in [0.25, 0.3) is 5.91 Å². The van der Waals surface area contributed by atoms with Crippen LogP contribution in [0.1, 0.15) is 21.6 Å². The van der Waals surface area contributed by atoms with E-state index in [4.69, 9.17) is 16.0 Å². The number of furan rings is 1. The van der Waals surface area contributed by atoms with Crippen LogP contribution in [-0.2, 0) is 6.54 Å². The van der Waals surface area contributed by atoms with Gasteiger partial charge >= 0.3 is 0 Å². The van der Waals surface area contributed by atoms with Crippen molar-refractivity contribution in [3.05, 3.63) is 88.8 Å². The summed E-state index contributed by atoms with van der Waals surface area (Å²) in [6.45, 7) is 2.66. The Morgan fingerprint density at radius 2 is 1.88 bits per heavy atom. The summed E-state index contributed by atoms with van der Waals surface area (Å²) in [5.41, 5.74) is 5.18. The number of carbonyl (C=O) groups is 1. The lowest BCUT2D eigenvalue weighted by molar-refractivity contribution is 0.101. The maximum Gasteiger partial charge on any atom is 0.272 e. The topological polar surface area (TPSA) is 47.2 Å². The third-order valence-corrected chi connectivity index (χ3v) is 4.70. The Balaban J connectivity index is 1.70. The van der Waals surface area contributed by atoms with E-state index in [-0.39, 0.29) is 5.91 Å². The van der Waals surface area contributed by atoms with E-state index in [2.05, 4.69) is 24.4 Å². The number of aromatic nitrogens is 1. The molecule has 2 aromatic heterocycles. The van der Waals surface area contributed by atoms with Crippen LogP contribution in [0, 0.1) is 6.92 Å². The minimum Gasteiger partial charge on any atom is -0.463 e. The lowest BCUT2D eigenvalue weighted by Crippen LogP contribution is -2.17. The molecule has 0 saturated carbocycles. The molecule has 26 heavy (non-hydrogen) atoms. The normalized spacial score (nSPS) is 11.0. The molecule has 0 atom stereocenters. The summed E-state index contributed by atoms with van der Waals surface area (Å²) in [5, 5.41) is 3.55. The number of halogens is 1. The maximum absolute atomic E-state index is 12.9. The lowest BCUT2D eigenvalue weighted by atomic mass is 10.1. The van der Waals surface area contributed by atoms with E-state index >= 15 is 0 Å². The Morgan fingerprint density at radius 3 is 2.65 bits per heavy atom. The first-order chi connectivity index (χ1) is 12.6. The second-order valence-corrected chi connectivity index (χ2v) is 6.61. The van der Waals surface area contributed by atoms with Crippen molar-refractivity contribution < 1.29 is 9.21 Å². The van der Waals surface area contributed by atoms with Crippen molar-refractivity contribution >= 4 is 34.3 Å². The number of fused-ring (bicyclic) bond motifs is 1. The van der Waals surface area contributed by atoms with Gasteiger partial charge in [-0.2, -0.15) is 0 Å². The van der Waals surface area contributed by atoms with E-state index in [0.29, 0.717) is 28.5 Å². The van der Waals surface area contributed by atoms with Crippen LogP contribution in [0.3, 0.4) is 0 Å². The highest BCUT2D eigenvalue weighted by molar-refractivity contribution is 6.30. The Kier molecular flexibility index (Phi) is 4.27. The van der Waals surface area contributed by atoms with Gasteiger partial charge in [0.15, 0.2) is 5.58 Å². The predicted molar refractivity (Wildman–Crippen MR) is 104 cm³/mol. The van der Waals surface area contributed by atoms with Crippen LogP contribution in [0.4, 0.5) is 5.69 Å². The van der Waals surface area contributed by atoms with Crippen LogP contribution >= 0.6 is 11.6 Å². The second kappa shape index (κ2) is 6.73. The number of aryl methyl sites for hydroxylation is 1. The zero-order valence-electron chi connectivity index (χ0n) is 14.2. The third-order valence-electron chi connectivity index (χ3n) is 4.45. The van der Waals surface area contributed by atoms with Gasteiger partial charge < -0.3 is 14.3 Å². The molecule has 0 aliphatic carbocycles. The zero-order valence-corrected chi connectivity index (χ0v) is 15.0. The van der Waals surface area contributed by atoms with Gasteiger partial charge in [0.2, 0.25) is 0 Å².